The first-order chi connectivity index (χ1) is 15.4. The van der Waals surface area contributed by atoms with Gasteiger partial charge in [0.15, 0.2) is 0 Å². The van der Waals surface area contributed by atoms with Crippen LogP contribution in [0.25, 0.3) is 10.9 Å². The minimum Gasteiger partial charge on any atom is -0.472 e. The molecule has 32 heavy (non-hydrogen) atoms. The van der Waals surface area contributed by atoms with Crippen LogP contribution < -0.4 is 4.74 Å². The molecule has 0 aliphatic heterocycles. The van der Waals surface area contributed by atoms with Crippen LogP contribution in [0.1, 0.15) is 36.6 Å². The molecule has 0 saturated heterocycles. The molecule has 0 amide bonds. The van der Waals surface area contributed by atoms with Crippen LogP contribution in [0.15, 0.2) is 60.9 Å². The number of nitro groups is 1. The van der Waals surface area contributed by atoms with E-state index in [0.29, 0.717) is 23.6 Å². The van der Waals surface area contributed by atoms with Gasteiger partial charge in [0.1, 0.15) is 6.61 Å². The van der Waals surface area contributed by atoms with Crippen molar-refractivity contribution in [1.82, 2.24) is 14.8 Å². The summed E-state index contributed by atoms with van der Waals surface area (Å²) in [5.74, 6) is 6.39. The van der Waals surface area contributed by atoms with E-state index in [4.69, 9.17) is 4.74 Å². The third-order valence-electron chi connectivity index (χ3n) is 4.79. The van der Waals surface area contributed by atoms with Crippen molar-refractivity contribution < 1.29 is 9.66 Å². The number of non-ortho nitro benzene ring substituents is 1. The van der Waals surface area contributed by atoms with Gasteiger partial charge < -0.3 is 4.74 Å². The molecule has 0 unspecified atom stereocenters. The second kappa shape index (κ2) is 9.36. The highest BCUT2D eigenvalue weighted by Crippen LogP contribution is 2.25. The summed E-state index contributed by atoms with van der Waals surface area (Å²) < 4.78 is 9.10. The molecule has 8 heteroatoms. The number of nitrogens with zero attached hydrogens (tertiary/aromatic N) is 4. The lowest BCUT2D eigenvalue weighted by Crippen LogP contribution is -2.04. The Labute approximate surface area is 198 Å². The van der Waals surface area contributed by atoms with Crippen LogP contribution >= 0.6 is 22.6 Å². The fourth-order valence-electron chi connectivity index (χ4n) is 3.21. The van der Waals surface area contributed by atoms with E-state index in [-0.39, 0.29) is 11.7 Å². The third-order valence-corrected chi connectivity index (χ3v) is 5.79. The largest absolute Gasteiger partial charge is 0.472 e. The molecule has 0 bridgehead atoms. The molecule has 0 saturated carbocycles. The average molecular weight is 538 g/mol. The van der Waals surface area contributed by atoms with E-state index in [2.05, 4.69) is 70.5 Å². The number of fused-ring (bicyclic) bond motifs is 1. The molecule has 160 valence electrons. The highest BCUT2D eigenvalue weighted by molar-refractivity contribution is 14.1. The molecular formula is C24H19IN4O3. The van der Waals surface area contributed by atoms with E-state index in [9.17, 15) is 10.1 Å². The smallest absolute Gasteiger partial charge is 0.270 e. The summed E-state index contributed by atoms with van der Waals surface area (Å²) in [5.41, 5.74) is 3.26. The predicted molar refractivity (Wildman–Crippen MR) is 130 cm³/mol. The van der Waals surface area contributed by atoms with Crippen LogP contribution in [0.2, 0.25) is 0 Å². The fourth-order valence-corrected chi connectivity index (χ4v) is 3.86. The molecule has 4 rings (SSSR count). The van der Waals surface area contributed by atoms with Crippen LogP contribution in [0.5, 0.6) is 5.88 Å². The van der Waals surface area contributed by atoms with Crippen molar-refractivity contribution in [2.45, 2.75) is 26.5 Å². The van der Waals surface area contributed by atoms with Gasteiger partial charge in [-0.05, 0) is 66.8 Å². The zero-order chi connectivity index (χ0) is 22.7. The van der Waals surface area contributed by atoms with Crippen molar-refractivity contribution in [2.75, 3.05) is 0 Å². The Balaban J connectivity index is 1.59. The van der Waals surface area contributed by atoms with Crippen LogP contribution in [0.4, 0.5) is 5.69 Å². The van der Waals surface area contributed by atoms with Gasteiger partial charge in [-0.15, -0.1) is 0 Å². The summed E-state index contributed by atoms with van der Waals surface area (Å²) in [6.07, 6.45) is 3.53. The number of pyridine rings is 1. The van der Waals surface area contributed by atoms with Crippen molar-refractivity contribution in [2.24, 2.45) is 0 Å². The van der Waals surface area contributed by atoms with Crippen molar-refractivity contribution >= 4 is 39.2 Å². The summed E-state index contributed by atoms with van der Waals surface area (Å²) >= 11 is 2.30. The molecule has 0 N–H and O–H groups in total. The van der Waals surface area contributed by atoms with Crippen LogP contribution in [-0.4, -0.2) is 19.7 Å². The van der Waals surface area contributed by atoms with Gasteiger partial charge in [-0.1, -0.05) is 17.9 Å². The Morgan fingerprint density at radius 3 is 2.81 bits per heavy atom. The van der Waals surface area contributed by atoms with Gasteiger partial charge in [-0.3, -0.25) is 14.8 Å². The first kappa shape index (κ1) is 21.8. The van der Waals surface area contributed by atoms with Crippen LogP contribution in [0.3, 0.4) is 0 Å². The van der Waals surface area contributed by atoms with Crippen molar-refractivity contribution in [3.63, 3.8) is 0 Å². The van der Waals surface area contributed by atoms with Gasteiger partial charge in [0.2, 0.25) is 5.88 Å². The lowest BCUT2D eigenvalue weighted by molar-refractivity contribution is -0.384. The topological polar surface area (TPSA) is 83.1 Å². The van der Waals surface area contributed by atoms with Gasteiger partial charge >= 0.3 is 0 Å². The minimum absolute atomic E-state index is 0.00469. The van der Waals surface area contributed by atoms with E-state index in [1.54, 1.807) is 24.4 Å². The number of hydrogen-bond acceptors (Lipinski definition) is 5. The maximum atomic E-state index is 11.0. The summed E-state index contributed by atoms with van der Waals surface area (Å²) in [6, 6.07) is 14.3. The molecule has 2 aromatic carbocycles. The van der Waals surface area contributed by atoms with Crippen LogP contribution in [-0.2, 0) is 6.61 Å². The van der Waals surface area contributed by atoms with E-state index in [1.807, 2.05) is 16.9 Å². The molecule has 0 radical (unpaired) electrons. The van der Waals surface area contributed by atoms with Gasteiger partial charge in [0.05, 0.1) is 22.2 Å². The molecule has 2 heterocycles. The molecule has 0 aliphatic carbocycles. The van der Waals surface area contributed by atoms with E-state index in [1.165, 1.54) is 12.1 Å². The summed E-state index contributed by atoms with van der Waals surface area (Å²) in [4.78, 5) is 14.9. The number of hydrogen-bond donors (Lipinski definition) is 0. The maximum absolute atomic E-state index is 11.0. The molecule has 4 aromatic rings. The Hall–Kier alpha value is -3.45. The number of nitro benzene ring substituents is 1. The molecule has 0 atom stereocenters. The number of aromatic nitrogens is 3. The molecule has 0 spiro atoms. The van der Waals surface area contributed by atoms with Gasteiger partial charge in [0, 0.05) is 44.5 Å². The number of ether oxygens (including phenoxy) is 1. The monoisotopic (exact) mass is 538 g/mol. The summed E-state index contributed by atoms with van der Waals surface area (Å²) in [5, 5.41) is 16.5. The zero-order valence-corrected chi connectivity index (χ0v) is 19.6. The normalized spacial score (nSPS) is 10.8. The van der Waals surface area contributed by atoms with Crippen molar-refractivity contribution in [3.8, 4) is 17.7 Å². The molecule has 7 nitrogen and oxygen atoms in total. The Bertz CT molecular complexity index is 1370. The third kappa shape index (κ3) is 4.73. The van der Waals surface area contributed by atoms with Crippen molar-refractivity contribution in [3.05, 3.63) is 91.3 Å². The number of halogens is 1. The average Bonchev–Trinajstić information content (AvgIpc) is 3.19. The number of benzene rings is 2. The molecule has 0 fully saturated rings. The second-order valence-corrected chi connectivity index (χ2v) is 8.55. The lowest BCUT2D eigenvalue weighted by Gasteiger charge is -2.11. The van der Waals surface area contributed by atoms with Crippen LogP contribution in [0, 0.1) is 25.5 Å². The SMILES string of the molecule is CC(C)n1ncc2cc(I)c(COc3ncccc3C#Cc3cccc([N+](=O)[O-])c3)cc21. The zero-order valence-electron chi connectivity index (χ0n) is 17.4. The summed E-state index contributed by atoms with van der Waals surface area (Å²) in [7, 11) is 0. The fraction of sp³-hybridized carbons (Fsp3) is 0.167. The summed E-state index contributed by atoms with van der Waals surface area (Å²) in [6.45, 7) is 4.53. The first-order valence-corrected chi connectivity index (χ1v) is 11.0. The quantitative estimate of drug-likeness (QED) is 0.145. The molecular weight excluding hydrogens is 519 g/mol. The highest BCUT2D eigenvalue weighted by Gasteiger charge is 2.11. The lowest BCUT2D eigenvalue weighted by atomic mass is 10.1. The van der Waals surface area contributed by atoms with E-state index >= 15 is 0 Å². The van der Waals surface area contributed by atoms with Gasteiger partial charge in [-0.25, -0.2) is 4.98 Å². The Morgan fingerprint density at radius 1 is 1.19 bits per heavy atom. The highest BCUT2D eigenvalue weighted by atomic mass is 127. The van der Waals surface area contributed by atoms with E-state index in [0.717, 1.165) is 20.0 Å². The van der Waals surface area contributed by atoms with Crippen molar-refractivity contribution in [1.29, 1.82) is 0 Å². The minimum atomic E-state index is -0.437. The van der Waals surface area contributed by atoms with E-state index < -0.39 is 4.92 Å². The van der Waals surface area contributed by atoms with Gasteiger partial charge in [0.25, 0.3) is 5.69 Å². The Kier molecular flexibility index (Phi) is 6.37. The van der Waals surface area contributed by atoms with Gasteiger partial charge in [-0.2, -0.15) is 5.10 Å². The Morgan fingerprint density at radius 2 is 2.03 bits per heavy atom. The molecule has 0 aliphatic rings. The number of rotatable bonds is 5. The second-order valence-electron chi connectivity index (χ2n) is 7.39. The first-order valence-electron chi connectivity index (χ1n) is 9.92. The maximum Gasteiger partial charge on any atom is 0.270 e. The molecule has 2 aromatic heterocycles. The predicted octanol–water partition coefficient (Wildman–Crippen LogP) is 5.50. The standard InChI is InChI=1S/C24H19IN4O3/c1-16(2)28-23-13-20(22(25)12-19(23)14-27-28)15-32-24-18(6-4-10-26-24)9-8-17-5-3-7-21(11-17)29(30)31/h3-7,10-14,16H,15H2,1-2H3.